The van der Waals surface area contributed by atoms with Gasteiger partial charge in [0.25, 0.3) is 0 Å². The molecule has 1 N–H and O–H groups in total. The van der Waals surface area contributed by atoms with E-state index in [0.717, 1.165) is 30.7 Å². The van der Waals surface area contributed by atoms with Crippen LogP contribution in [-0.4, -0.2) is 20.1 Å². The Kier molecular flexibility index (Phi) is 2.07. The first kappa shape index (κ1) is 8.69. The van der Waals surface area contributed by atoms with E-state index in [4.69, 9.17) is 0 Å². The number of aliphatic hydroxyl groups is 1. The smallest absolute Gasteiger partial charge is 0.114 e. The third-order valence-corrected chi connectivity index (χ3v) is 2.52. The van der Waals surface area contributed by atoms with Gasteiger partial charge in [-0.05, 0) is 33.1 Å². The van der Waals surface area contributed by atoms with Gasteiger partial charge in [0.2, 0.25) is 0 Å². The molecule has 1 aliphatic carbocycles. The summed E-state index contributed by atoms with van der Waals surface area (Å²) in [6, 6.07) is 0.335. The van der Waals surface area contributed by atoms with E-state index >= 15 is 0 Å². The van der Waals surface area contributed by atoms with Crippen molar-refractivity contribution in [2.24, 2.45) is 0 Å². The quantitative estimate of drug-likeness (QED) is 0.709. The Balaban J connectivity index is 2.41. The molecule has 0 bridgehead atoms. The molecule has 0 spiro atoms. The summed E-state index contributed by atoms with van der Waals surface area (Å²) in [5.41, 5.74) is 1.91. The van der Waals surface area contributed by atoms with Gasteiger partial charge < -0.3 is 5.11 Å². The molecular formula is C9H15N3O. The van der Waals surface area contributed by atoms with Gasteiger partial charge in [0, 0.05) is 6.04 Å². The summed E-state index contributed by atoms with van der Waals surface area (Å²) in [5, 5.41) is 17.7. The van der Waals surface area contributed by atoms with E-state index in [-0.39, 0.29) is 0 Å². The van der Waals surface area contributed by atoms with E-state index in [1.54, 1.807) is 0 Å². The van der Waals surface area contributed by atoms with E-state index in [1.165, 1.54) is 0 Å². The fourth-order valence-electron chi connectivity index (χ4n) is 1.84. The Morgan fingerprint density at radius 1 is 1.54 bits per heavy atom. The van der Waals surface area contributed by atoms with Gasteiger partial charge in [-0.2, -0.15) is 0 Å². The van der Waals surface area contributed by atoms with Crippen LogP contribution in [0.1, 0.15) is 50.2 Å². The lowest BCUT2D eigenvalue weighted by molar-refractivity contribution is 0.151. The Labute approximate surface area is 77.6 Å². The van der Waals surface area contributed by atoms with E-state index in [1.807, 2.05) is 4.68 Å². The fourth-order valence-corrected chi connectivity index (χ4v) is 1.84. The van der Waals surface area contributed by atoms with Crippen LogP contribution in [0.15, 0.2) is 0 Å². The summed E-state index contributed by atoms with van der Waals surface area (Å²) in [4.78, 5) is 0. The molecule has 1 heterocycles. The Hall–Kier alpha value is -0.900. The molecule has 0 saturated heterocycles. The van der Waals surface area contributed by atoms with Crippen LogP contribution >= 0.6 is 0 Å². The second kappa shape index (κ2) is 3.10. The average molecular weight is 181 g/mol. The Morgan fingerprint density at radius 3 is 3.00 bits per heavy atom. The van der Waals surface area contributed by atoms with Gasteiger partial charge in [0.1, 0.15) is 5.69 Å². The van der Waals surface area contributed by atoms with Crippen molar-refractivity contribution in [3.05, 3.63) is 11.4 Å². The number of aliphatic hydroxyl groups excluding tert-OH is 1. The first-order valence-electron chi connectivity index (χ1n) is 4.82. The van der Waals surface area contributed by atoms with Crippen molar-refractivity contribution in [1.29, 1.82) is 0 Å². The van der Waals surface area contributed by atoms with Crippen LogP contribution in [0, 0.1) is 0 Å². The SMILES string of the molecule is CC(C)n1nnc2c1CCCC2O. The van der Waals surface area contributed by atoms with Crippen molar-refractivity contribution >= 4 is 0 Å². The largest absolute Gasteiger partial charge is 0.387 e. The molecule has 1 aliphatic rings. The van der Waals surface area contributed by atoms with Crippen LogP contribution in [0.5, 0.6) is 0 Å². The highest BCUT2D eigenvalue weighted by atomic mass is 16.3. The first-order valence-corrected chi connectivity index (χ1v) is 4.82. The molecule has 1 aromatic heterocycles. The highest BCUT2D eigenvalue weighted by molar-refractivity contribution is 5.16. The van der Waals surface area contributed by atoms with E-state index in [9.17, 15) is 5.11 Å². The predicted octanol–water partition coefficient (Wildman–Crippen LogP) is 1.23. The summed E-state index contributed by atoms with van der Waals surface area (Å²) in [6.45, 7) is 4.16. The summed E-state index contributed by atoms with van der Waals surface area (Å²) in [5.74, 6) is 0. The summed E-state index contributed by atoms with van der Waals surface area (Å²) in [6.07, 6.45) is 2.46. The van der Waals surface area contributed by atoms with Crippen LogP contribution < -0.4 is 0 Å². The summed E-state index contributed by atoms with van der Waals surface area (Å²) < 4.78 is 1.91. The normalized spacial score (nSPS) is 22.0. The number of fused-ring (bicyclic) bond motifs is 1. The zero-order chi connectivity index (χ0) is 9.42. The van der Waals surface area contributed by atoms with Gasteiger partial charge in [-0.25, -0.2) is 4.68 Å². The molecule has 1 atom stereocenters. The van der Waals surface area contributed by atoms with E-state index in [2.05, 4.69) is 24.2 Å². The lowest BCUT2D eigenvalue weighted by Gasteiger charge is -2.18. The lowest BCUT2D eigenvalue weighted by Crippen LogP contribution is -2.14. The molecular weight excluding hydrogens is 166 g/mol. The monoisotopic (exact) mass is 181 g/mol. The van der Waals surface area contributed by atoms with Gasteiger partial charge in [-0.15, -0.1) is 5.10 Å². The highest BCUT2D eigenvalue weighted by Gasteiger charge is 2.24. The molecule has 0 saturated carbocycles. The van der Waals surface area contributed by atoms with Crippen LogP contribution in [0.25, 0.3) is 0 Å². The topological polar surface area (TPSA) is 50.9 Å². The Morgan fingerprint density at radius 2 is 2.31 bits per heavy atom. The van der Waals surface area contributed by atoms with Gasteiger partial charge in [0.15, 0.2) is 0 Å². The Bertz CT molecular complexity index is 292. The first-order chi connectivity index (χ1) is 6.20. The summed E-state index contributed by atoms with van der Waals surface area (Å²) >= 11 is 0. The minimum absolute atomic E-state index is 0.335. The number of hydrogen-bond acceptors (Lipinski definition) is 3. The molecule has 0 radical (unpaired) electrons. The molecule has 0 amide bonds. The molecule has 0 fully saturated rings. The fraction of sp³-hybridized carbons (Fsp3) is 0.778. The lowest BCUT2D eigenvalue weighted by atomic mass is 9.98. The molecule has 72 valence electrons. The van der Waals surface area contributed by atoms with Crippen molar-refractivity contribution < 1.29 is 5.11 Å². The maximum Gasteiger partial charge on any atom is 0.114 e. The van der Waals surface area contributed by atoms with Gasteiger partial charge >= 0.3 is 0 Å². The number of rotatable bonds is 1. The standard InChI is InChI=1S/C9H15N3O/c1-6(2)12-7-4-3-5-8(13)9(7)10-11-12/h6,8,13H,3-5H2,1-2H3. The molecule has 13 heavy (non-hydrogen) atoms. The zero-order valence-electron chi connectivity index (χ0n) is 8.06. The number of hydrogen-bond donors (Lipinski definition) is 1. The van der Waals surface area contributed by atoms with Crippen molar-refractivity contribution in [3.63, 3.8) is 0 Å². The summed E-state index contributed by atoms with van der Waals surface area (Å²) in [7, 11) is 0. The van der Waals surface area contributed by atoms with E-state index in [0.29, 0.717) is 6.04 Å². The maximum absolute atomic E-state index is 9.64. The number of nitrogens with zero attached hydrogens (tertiary/aromatic N) is 3. The minimum Gasteiger partial charge on any atom is -0.387 e. The molecule has 2 rings (SSSR count). The molecule has 4 nitrogen and oxygen atoms in total. The third kappa shape index (κ3) is 1.35. The van der Waals surface area contributed by atoms with Crippen LogP contribution in [0.4, 0.5) is 0 Å². The van der Waals surface area contributed by atoms with Crippen molar-refractivity contribution in [3.8, 4) is 0 Å². The van der Waals surface area contributed by atoms with Crippen LogP contribution in [-0.2, 0) is 6.42 Å². The van der Waals surface area contributed by atoms with Gasteiger partial charge in [0.05, 0.1) is 11.8 Å². The van der Waals surface area contributed by atoms with Crippen LogP contribution in [0.2, 0.25) is 0 Å². The zero-order valence-corrected chi connectivity index (χ0v) is 8.06. The van der Waals surface area contributed by atoms with E-state index < -0.39 is 6.10 Å². The maximum atomic E-state index is 9.64. The van der Waals surface area contributed by atoms with Crippen molar-refractivity contribution in [1.82, 2.24) is 15.0 Å². The molecule has 0 aromatic carbocycles. The highest BCUT2D eigenvalue weighted by Crippen LogP contribution is 2.28. The predicted molar refractivity (Wildman–Crippen MR) is 48.3 cm³/mol. The second-order valence-corrected chi connectivity index (χ2v) is 3.87. The molecule has 1 unspecified atom stereocenters. The third-order valence-electron chi connectivity index (χ3n) is 2.52. The number of aromatic nitrogens is 3. The minimum atomic E-state index is -0.392. The van der Waals surface area contributed by atoms with Gasteiger partial charge in [-0.3, -0.25) is 0 Å². The van der Waals surface area contributed by atoms with Crippen molar-refractivity contribution in [2.45, 2.75) is 45.3 Å². The van der Waals surface area contributed by atoms with Crippen molar-refractivity contribution in [2.75, 3.05) is 0 Å². The average Bonchev–Trinajstić information content (AvgIpc) is 2.48. The molecule has 4 heteroatoms. The second-order valence-electron chi connectivity index (χ2n) is 3.87. The molecule has 0 aliphatic heterocycles. The van der Waals surface area contributed by atoms with Crippen LogP contribution in [0.3, 0.4) is 0 Å². The van der Waals surface area contributed by atoms with Gasteiger partial charge in [-0.1, -0.05) is 5.21 Å². The molecule has 1 aromatic rings.